The zero-order valence-electron chi connectivity index (χ0n) is 12.7. The van der Waals surface area contributed by atoms with Gasteiger partial charge in [0.25, 0.3) is 0 Å². The van der Waals surface area contributed by atoms with Crippen LogP contribution in [0.2, 0.25) is 0 Å². The van der Waals surface area contributed by atoms with Crippen molar-refractivity contribution < 1.29 is 9.47 Å². The van der Waals surface area contributed by atoms with E-state index in [1.165, 1.54) is 12.0 Å². The molecule has 1 aromatic carbocycles. The lowest BCUT2D eigenvalue weighted by Crippen LogP contribution is -2.29. The molecule has 0 spiro atoms. The standard InChI is InChI=1S/C17H27NO2/c1-3-14(18)10-13-6-4-8-16(11-13)20-17-9-5-7-15(12-17)19-2/h4,6,8,11,14-15,17H,3,5,7,9-10,12,18H2,1-2H3. The van der Waals surface area contributed by atoms with Crippen LogP contribution in [0.3, 0.4) is 0 Å². The molecular formula is C17H27NO2. The van der Waals surface area contributed by atoms with Crippen molar-refractivity contribution in [3.05, 3.63) is 29.8 Å². The van der Waals surface area contributed by atoms with Gasteiger partial charge in [-0.25, -0.2) is 0 Å². The van der Waals surface area contributed by atoms with E-state index in [-0.39, 0.29) is 12.1 Å². The SMILES string of the molecule is CCC(N)Cc1cccc(OC2CCCC(OC)C2)c1. The first-order valence-corrected chi connectivity index (χ1v) is 7.75. The Morgan fingerprint density at radius 1 is 1.30 bits per heavy atom. The van der Waals surface area contributed by atoms with E-state index >= 15 is 0 Å². The van der Waals surface area contributed by atoms with Gasteiger partial charge in [-0.2, -0.15) is 0 Å². The van der Waals surface area contributed by atoms with E-state index in [0.29, 0.717) is 6.10 Å². The summed E-state index contributed by atoms with van der Waals surface area (Å²) in [5, 5.41) is 0. The molecule has 3 nitrogen and oxygen atoms in total. The number of ether oxygens (including phenoxy) is 2. The summed E-state index contributed by atoms with van der Waals surface area (Å²) in [6.07, 6.45) is 7.01. The Labute approximate surface area is 122 Å². The molecule has 1 aromatic rings. The Morgan fingerprint density at radius 3 is 2.85 bits per heavy atom. The van der Waals surface area contributed by atoms with Gasteiger partial charge >= 0.3 is 0 Å². The van der Waals surface area contributed by atoms with Crippen molar-refractivity contribution in [1.82, 2.24) is 0 Å². The van der Waals surface area contributed by atoms with E-state index in [1.54, 1.807) is 7.11 Å². The summed E-state index contributed by atoms with van der Waals surface area (Å²) in [5.74, 6) is 0.965. The smallest absolute Gasteiger partial charge is 0.119 e. The molecule has 1 saturated carbocycles. The first-order valence-electron chi connectivity index (χ1n) is 7.75. The van der Waals surface area contributed by atoms with Crippen LogP contribution in [0, 0.1) is 0 Å². The molecule has 1 aliphatic carbocycles. The third-order valence-electron chi connectivity index (χ3n) is 4.13. The lowest BCUT2D eigenvalue weighted by molar-refractivity contribution is 0.0209. The molecule has 0 aliphatic heterocycles. The van der Waals surface area contributed by atoms with Crippen LogP contribution in [0.25, 0.3) is 0 Å². The summed E-state index contributed by atoms with van der Waals surface area (Å²) in [7, 11) is 1.79. The van der Waals surface area contributed by atoms with Gasteiger partial charge in [0.1, 0.15) is 11.9 Å². The van der Waals surface area contributed by atoms with Gasteiger partial charge in [0.2, 0.25) is 0 Å². The minimum absolute atomic E-state index is 0.234. The lowest BCUT2D eigenvalue weighted by atomic mass is 9.95. The van der Waals surface area contributed by atoms with Gasteiger partial charge in [0, 0.05) is 19.6 Å². The molecule has 0 amide bonds. The van der Waals surface area contributed by atoms with Crippen LogP contribution >= 0.6 is 0 Å². The average molecular weight is 277 g/mol. The van der Waals surface area contributed by atoms with Gasteiger partial charge in [-0.1, -0.05) is 19.1 Å². The summed E-state index contributed by atoms with van der Waals surface area (Å²) in [4.78, 5) is 0. The second kappa shape index (κ2) is 7.65. The fourth-order valence-corrected chi connectivity index (χ4v) is 2.81. The van der Waals surface area contributed by atoms with Gasteiger partial charge in [-0.3, -0.25) is 0 Å². The van der Waals surface area contributed by atoms with Gasteiger partial charge in [0.05, 0.1) is 6.10 Å². The Balaban J connectivity index is 1.93. The molecule has 1 aliphatic rings. The monoisotopic (exact) mass is 277 g/mol. The number of nitrogens with two attached hydrogens (primary N) is 1. The van der Waals surface area contributed by atoms with E-state index in [4.69, 9.17) is 15.2 Å². The summed E-state index contributed by atoms with van der Waals surface area (Å²) >= 11 is 0. The molecular weight excluding hydrogens is 250 g/mol. The van der Waals surface area contributed by atoms with Gasteiger partial charge in [-0.05, 0) is 49.8 Å². The van der Waals surface area contributed by atoms with Crippen molar-refractivity contribution in [2.75, 3.05) is 7.11 Å². The molecule has 0 saturated heterocycles. The predicted molar refractivity (Wildman–Crippen MR) is 82.1 cm³/mol. The molecule has 20 heavy (non-hydrogen) atoms. The lowest BCUT2D eigenvalue weighted by Gasteiger charge is -2.28. The van der Waals surface area contributed by atoms with Crippen molar-refractivity contribution in [2.45, 2.75) is 63.7 Å². The van der Waals surface area contributed by atoms with E-state index in [2.05, 4.69) is 25.1 Å². The summed E-state index contributed by atoms with van der Waals surface area (Å²) in [6, 6.07) is 8.59. The van der Waals surface area contributed by atoms with Gasteiger partial charge in [0.15, 0.2) is 0 Å². The molecule has 3 unspecified atom stereocenters. The van der Waals surface area contributed by atoms with Crippen LogP contribution in [0.15, 0.2) is 24.3 Å². The van der Waals surface area contributed by atoms with Crippen LogP contribution in [0.4, 0.5) is 0 Å². The number of hydrogen-bond donors (Lipinski definition) is 1. The van der Waals surface area contributed by atoms with Crippen LogP contribution in [0.5, 0.6) is 5.75 Å². The van der Waals surface area contributed by atoms with E-state index in [1.807, 2.05) is 6.07 Å². The molecule has 0 heterocycles. The molecule has 2 rings (SSSR count). The predicted octanol–water partition coefficient (Wildman–Crippen LogP) is 3.30. The second-order valence-corrected chi connectivity index (χ2v) is 5.78. The van der Waals surface area contributed by atoms with Crippen molar-refractivity contribution in [2.24, 2.45) is 5.73 Å². The third-order valence-corrected chi connectivity index (χ3v) is 4.13. The highest BCUT2D eigenvalue weighted by Crippen LogP contribution is 2.26. The molecule has 0 radical (unpaired) electrons. The topological polar surface area (TPSA) is 44.5 Å². The average Bonchev–Trinajstić information content (AvgIpc) is 2.47. The van der Waals surface area contributed by atoms with Crippen LogP contribution in [0.1, 0.15) is 44.6 Å². The number of rotatable bonds is 6. The Kier molecular flexibility index (Phi) is 5.86. The van der Waals surface area contributed by atoms with Crippen molar-refractivity contribution >= 4 is 0 Å². The molecule has 0 aromatic heterocycles. The van der Waals surface area contributed by atoms with E-state index in [0.717, 1.165) is 37.9 Å². The zero-order chi connectivity index (χ0) is 14.4. The number of benzene rings is 1. The minimum atomic E-state index is 0.234. The van der Waals surface area contributed by atoms with Crippen LogP contribution < -0.4 is 10.5 Å². The Bertz CT molecular complexity index is 408. The van der Waals surface area contributed by atoms with E-state index < -0.39 is 0 Å². The van der Waals surface area contributed by atoms with Crippen molar-refractivity contribution in [1.29, 1.82) is 0 Å². The Morgan fingerprint density at radius 2 is 2.10 bits per heavy atom. The zero-order valence-corrected chi connectivity index (χ0v) is 12.7. The molecule has 112 valence electrons. The fraction of sp³-hybridized carbons (Fsp3) is 0.647. The van der Waals surface area contributed by atoms with E-state index in [9.17, 15) is 0 Å². The van der Waals surface area contributed by atoms with Crippen molar-refractivity contribution in [3.63, 3.8) is 0 Å². The maximum absolute atomic E-state index is 6.12. The maximum atomic E-state index is 6.12. The highest BCUT2D eigenvalue weighted by Gasteiger charge is 2.23. The molecule has 0 bridgehead atoms. The quantitative estimate of drug-likeness (QED) is 0.867. The number of methoxy groups -OCH3 is 1. The summed E-state index contributed by atoms with van der Waals surface area (Å²) in [5.41, 5.74) is 7.28. The first kappa shape index (κ1) is 15.3. The van der Waals surface area contributed by atoms with Gasteiger partial charge in [-0.15, -0.1) is 0 Å². The maximum Gasteiger partial charge on any atom is 0.119 e. The minimum Gasteiger partial charge on any atom is -0.490 e. The first-order chi connectivity index (χ1) is 9.71. The highest BCUT2D eigenvalue weighted by molar-refractivity contribution is 5.29. The molecule has 3 atom stereocenters. The van der Waals surface area contributed by atoms with Crippen LogP contribution in [-0.4, -0.2) is 25.4 Å². The molecule has 3 heteroatoms. The molecule has 2 N–H and O–H groups in total. The second-order valence-electron chi connectivity index (χ2n) is 5.78. The molecule has 1 fully saturated rings. The Hall–Kier alpha value is -1.06. The normalized spacial score (nSPS) is 24.4. The largest absolute Gasteiger partial charge is 0.490 e. The fourth-order valence-electron chi connectivity index (χ4n) is 2.81. The van der Waals surface area contributed by atoms with Crippen molar-refractivity contribution in [3.8, 4) is 5.75 Å². The number of hydrogen-bond acceptors (Lipinski definition) is 3. The van der Waals surface area contributed by atoms with Crippen LogP contribution in [-0.2, 0) is 11.2 Å². The summed E-state index contributed by atoms with van der Waals surface area (Å²) in [6.45, 7) is 2.12. The van der Waals surface area contributed by atoms with Gasteiger partial charge < -0.3 is 15.2 Å². The summed E-state index contributed by atoms with van der Waals surface area (Å²) < 4.78 is 11.6. The highest BCUT2D eigenvalue weighted by atomic mass is 16.5. The third kappa shape index (κ3) is 4.50.